The molecule has 3 nitrogen and oxygen atoms in total. The van der Waals surface area contributed by atoms with Crippen LogP contribution in [0.5, 0.6) is 0 Å². The molecule has 0 amide bonds. The summed E-state index contributed by atoms with van der Waals surface area (Å²) >= 11 is 5.32. The number of halogens is 1. The zero-order valence-corrected chi connectivity index (χ0v) is 21.5. The van der Waals surface area contributed by atoms with E-state index in [1.165, 1.54) is 37.3 Å². The molecule has 0 aliphatic carbocycles. The predicted molar refractivity (Wildman–Crippen MR) is 146 cm³/mol. The second kappa shape index (κ2) is 9.54. The van der Waals surface area contributed by atoms with Crippen LogP contribution in [0, 0.1) is 0 Å². The Kier molecular flexibility index (Phi) is 6.73. The summed E-state index contributed by atoms with van der Waals surface area (Å²) in [5, 5.41) is 10.4. The maximum absolute atomic E-state index is 11.2. The summed E-state index contributed by atoms with van der Waals surface area (Å²) in [5.74, 6) is -0.555. The molecule has 0 aliphatic heterocycles. The minimum absolute atomic E-state index is 0.271. The highest BCUT2D eigenvalue weighted by atomic mass is 79.9. The molecule has 4 rings (SSSR count). The lowest BCUT2D eigenvalue weighted by atomic mass is 9.94. The molecule has 3 aromatic carbocycles. The van der Waals surface area contributed by atoms with E-state index < -0.39 is 5.97 Å². The van der Waals surface area contributed by atoms with Crippen LogP contribution in [0.2, 0.25) is 0 Å². The van der Waals surface area contributed by atoms with Crippen molar-refractivity contribution in [3.63, 3.8) is 0 Å². The first kappa shape index (κ1) is 23.3. The van der Waals surface area contributed by atoms with E-state index >= 15 is 0 Å². The van der Waals surface area contributed by atoms with Gasteiger partial charge in [-0.05, 0) is 76.0 Å². The Morgan fingerprint density at radius 2 is 1.70 bits per heavy atom. The standard InChI is InChI=1S/C28H26BrNO2S/c1-17(2)24-14-20(27-16-22-13-23(30(3)4)11-12-26(22)33-27)9-6-18(24)5-7-19-8-10-21(28(31)32)15-25(19)29/h5-17H,1-4H3,(H,31,32). The van der Waals surface area contributed by atoms with E-state index in [0.29, 0.717) is 5.92 Å². The Balaban J connectivity index is 1.68. The summed E-state index contributed by atoms with van der Waals surface area (Å²) < 4.78 is 2.06. The molecule has 0 fully saturated rings. The first-order chi connectivity index (χ1) is 15.7. The van der Waals surface area contributed by atoms with Gasteiger partial charge in [-0.15, -0.1) is 11.3 Å². The lowest BCUT2D eigenvalue weighted by Gasteiger charge is -2.12. The summed E-state index contributed by atoms with van der Waals surface area (Å²) in [6.45, 7) is 4.42. The van der Waals surface area contributed by atoms with Crippen LogP contribution < -0.4 is 4.90 Å². The number of carbonyl (C=O) groups is 1. The van der Waals surface area contributed by atoms with E-state index in [4.69, 9.17) is 5.11 Å². The van der Waals surface area contributed by atoms with Crippen molar-refractivity contribution < 1.29 is 9.90 Å². The highest BCUT2D eigenvalue weighted by Gasteiger charge is 2.11. The highest BCUT2D eigenvalue weighted by molar-refractivity contribution is 9.10. The van der Waals surface area contributed by atoms with Gasteiger partial charge in [-0.3, -0.25) is 0 Å². The number of carboxylic acids is 1. The number of carboxylic acid groups (broad SMARTS) is 1. The second-order valence-electron chi connectivity index (χ2n) is 8.60. The smallest absolute Gasteiger partial charge is 0.335 e. The van der Waals surface area contributed by atoms with Gasteiger partial charge in [-0.1, -0.05) is 60.1 Å². The van der Waals surface area contributed by atoms with Crippen molar-refractivity contribution in [1.82, 2.24) is 0 Å². The minimum Gasteiger partial charge on any atom is -0.478 e. The maximum atomic E-state index is 11.2. The third kappa shape index (κ3) is 5.05. The van der Waals surface area contributed by atoms with Crippen LogP contribution in [0.15, 0.2) is 65.1 Å². The molecule has 0 radical (unpaired) electrons. The van der Waals surface area contributed by atoms with Crippen molar-refractivity contribution in [3.05, 3.63) is 87.4 Å². The topological polar surface area (TPSA) is 40.5 Å². The van der Waals surface area contributed by atoms with Crippen LogP contribution in [0.25, 0.3) is 32.7 Å². The zero-order chi connectivity index (χ0) is 23.7. The number of hydrogen-bond donors (Lipinski definition) is 1. The fourth-order valence-electron chi connectivity index (χ4n) is 3.81. The largest absolute Gasteiger partial charge is 0.478 e. The predicted octanol–water partition coefficient (Wildman–Crippen LogP) is 8.39. The summed E-state index contributed by atoms with van der Waals surface area (Å²) in [6.07, 6.45) is 4.13. The lowest BCUT2D eigenvalue weighted by Crippen LogP contribution is -2.07. The lowest BCUT2D eigenvalue weighted by molar-refractivity contribution is 0.0697. The molecule has 0 aliphatic rings. The maximum Gasteiger partial charge on any atom is 0.335 e. The number of fused-ring (bicyclic) bond motifs is 1. The van der Waals surface area contributed by atoms with Gasteiger partial charge in [-0.25, -0.2) is 4.79 Å². The molecule has 0 saturated heterocycles. The van der Waals surface area contributed by atoms with Gasteiger partial charge in [0.15, 0.2) is 0 Å². The SMILES string of the molecule is CC(C)c1cc(-c2cc3cc(N(C)C)ccc3s2)ccc1C=Cc1ccc(C(=O)O)cc1Br. The Morgan fingerprint density at radius 1 is 0.970 bits per heavy atom. The van der Waals surface area contributed by atoms with Crippen molar-refractivity contribution in [2.24, 2.45) is 0 Å². The van der Waals surface area contributed by atoms with Crippen molar-refractivity contribution in [1.29, 1.82) is 0 Å². The fraction of sp³-hybridized carbons (Fsp3) is 0.179. The number of hydrogen-bond acceptors (Lipinski definition) is 3. The number of rotatable bonds is 6. The molecule has 0 atom stereocenters. The van der Waals surface area contributed by atoms with E-state index in [-0.39, 0.29) is 5.56 Å². The first-order valence-electron chi connectivity index (χ1n) is 10.8. The van der Waals surface area contributed by atoms with Gasteiger partial charge in [0.25, 0.3) is 0 Å². The first-order valence-corrected chi connectivity index (χ1v) is 12.4. The van der Waals surface area contributed by atoms with E-state index in [1.807, 2.05) is 23.5 Å². The van der Waals surface area contributed by atoms with E-state index in [0.717, 1.165) is 10.0 Å². The van der Waals surface area contributed by atoms with Gasteiger partial charge >= 0.3 is 5.97 Å². The van der Waals surface area contributed by atoms with Gasteiger partial charge in [-0.2, -0.15) is 0 Å². The number of benzene rings is 3. The third-order valence-corrected chi connectivity index (χ3v) is 7.55. The van der Waals surface area contributed by atoms with Crippen LogP contribution in [0.4, 0.5) is 5.69 Å². The van der Waals surface area contributed by atoms with Crippen molar-refractivity contribution >= 4 is 61.2 Å². The molecular weight excluding hydrogens is 494 g/mol. The monoisotopic (exact) mass is 519 g/mol. The molecule has 0 bridgehead atoms. The van der Waals surface area contributed by atoms with Crippen LogP contribution in [-0.2, 0) is 0 Å². The Morgan fingerprint density at radius 3 is 2.36 bits per heavy atom. The summed E-state index contributed by atoms with van der Waals surface area (Å²) in [7, 11) is 4.13. The van der Waals surface area contributed by atoms with Gasteiger partial charge in [0, 0.05) is 33.8 Å². The van der Waals surface area contributed by atoms with Crippen molar-refractivity contribution in [2.45, 2.75) is 19.8 Å². The summed E-state index contributed by atoms with van der Waals surface area (Å²) in [5.41, 5.74) is 6.10. The van der Waals surface area contributed by atoms with Gasteiger partial charge in [0.2, 0.25) is 0 Å². The molecular formula is C28H26BrNO2S. The number of nitrogens with zero attached hydrogens (tertiary/aromatic N) is 1. The average Bonchev–Trinajstić information content (AvgIpc) is 3.21. The van der Waals surface area contributed by atoms with Crippen molar-refractivity contribution in [2.75, 3.05) is 19.0 Å². The molecule has 1 aromatic heterocycles. The molecule has 0 spiro atoms. The zero-order valence-electron chi connectivity index (χ0n) is 19.1. The van der Waals surface area contributed by atoms with Crippen LogP contribution in [-0.4, -0.2) is 25.2 Å². The van der Waals surface area contributed by atoms with E-state index in [2.05, 4.69) is 97.3 Å². The van der Waals surface area contributed by atoms with Crippen LogP contribution in [0.1, 0.15) is 46.8 Å². The van der Waals surface area contributed by atoms with Crippen LogP contribution in [0.3, 0.4) is 0 Å². The second-order valence-corrected chi connectivity index (χ2v) is 10.5. The normalized spacial score (nSPS) is 11.6. The van der Waals surface area contributed by atoms with Gasteiger partial charge in [0.1, 0.15) is 0 Å². The van der Waals surface area contributed by atoms with E-state index in [1.54, 1.807) is 12.1 Å². The Labute approximate surface area is 207 Å². The molecule has 1 heterocycles. The minimum atomic E-state index is -0.928. The highest BCUT2D eigenvalue weighted by Crippen LogP contribution is 2.37. The Hall–Kier alpha value is -2.89. The summed E-state index contributed by atoms with van der Waals surface area (Å²) in [4.78, 5) is 14.6. The molecule has 0 unspecified atom stereocenters. The fourth-order valence-corrected chi connectivity index (χ4v) is 5.36. The average molecular weight is 520 g/mol. The molecule has 5 heteroatoms. The van der Waals surface area contributed by atoms with Gasteiger partial charge < -0.3 is 10.0 Å². The molecule has 0 saturated carbocycles. The third-order valence-electron chi connectivity index (χ3n) is 5.70. The number of thiophene rings is 1. The number of aromatic carboxylic acids is 1. The summed E-state index contributed by atoms with van der Waals surface area (Å²) in [6, 6.07) is 20.6. The van der Waals surface area contributed by atoms with Gasteiger partial charge in [0.05, 0.1) is 5.56 Å². The van der Waals surface area contributed by atoms with Crippen LogP contribution >= 0.6 is 27.3 Å². The molecule has 168 valence electrons. The Bertz CT molecular complexity index is 1370. The quantitative estimate of drug-likeness (QED) is 0.260. The molecule has 4 aromatic rings. The molecule has 33 heavy (non-hydrogen) atoms. The van der Waals surface area contributed by atoms with Crippen molar-refractivity contribution in [3.8, 4) is 10.4 Å². The molecule has 1 N–H and O–H groups in total. The van der Waals surface area contributed by atoms with E-state index in [9.17, 15) is 4.79 Å². The number of anilines is 1.